The molecule has 2 amide bonds. The highest BCUT2D eigenvalue weighted by Crippen LogP contribution is 2.19. The number of nitrogens with zero attached hydrogens (tertiary/aromatic N) is 1. The van der Waals surface area contributed by atoms with Crippen LogP contribution in [0.4, 0.5) is 0 Å². The number of β-amino-alcohol motifs (C(OH)–C–C–N with tert-alkyl or cyclic N) is 1. The van der Waals surface area contributed by atoms with Crippen molar-refractivity contribution in [2.24, 2.45) is 5.41 Å². The second-order valence-corrected chi connectivity index (χ2v) is 9.85. The van der Waals surface area contributed by atoms with Crippen molar-refractivity contribution in [2.45, 2.75) is 76.7 Å². The van der Waals surface area contributed by atoms with E-state index < -0.39 is 42.5 Å². The second-order valence-electron chi connectivity index (χ2n) is 9.85. The minimum atomic E-state index is -1.74. The van der Waals surface area contributed by atoms with E-state index in [2.05, 4.69) is 5.32 Å². The van der Waals surface area contributed by atoms with Crippen LogP contribution < -0.4 is 5.32 Å². The number of likely N-dealkylation sites (tertiary alicyclic amines) is 1. The fourth-order valence-corrected chi connectivity index (χ4v) is 3.76. The number of aliphatic hydroxyl groups excluding tert-OH is 4. The molecule has 9 nitrogen and oxygen atoms in total. The van der Waals surface area contributed by atoms with Gasteiger partial charge in [-0.15, -0.1) is 0 Å². The van der Waals surface area contributed by atoms with Crippen LogP contribution in [0.15, 0.2) is 42.5 Å². The summed E-state index contributed by atoms with van der Waals surface area (Å²) in [7, 11) is 1.19. The molecule has 34 heavy (non-hydrogen) atoms. The number of benzene rings is 1. The number of ether oxygens (including phenoxy) is 1. The van der Waals surface area contributed by atoms with Crippen LogP contribution in [-0.4, -0.2) is 87.4 Å². The quantitative estimate of drug-likeness (QED) is 0.323. The van der Waals surface area contributed by atoms with E-state index in [9.17, 15) is 30.0 Å². The Bertz CT molecular complexity index is 824. The lowest BCUT2D eigenvalue weighted by atomic mass is 9.94. The van der Waals surface area contributed by atoms with Gasteiger partial charge in [-0.05, 0) is 23.8 Å². The number of methoxy groups -OCH3 is 1. The first-order chi connectivity index (χ1) is 15.9. The molecular formula is C25H38N2O7. The van der Waals surface area contributed by atoms with Gasteiger partial charge in [0, 0.05) is 20.2 Å². The molecule has 9 heteroatoms. The number of rotatable bonds is 9. The topological polar surface area (TPSA) is 140 Å². The smallest absolute Gasteiger partial charge is 0.252 e. The molecule has 1 aliphatic heterocycles. The van der Waals surface area contributed by atoms with E-state index in [-0.39, 0.29) is 30.8 Å². The Morgan fingerprint density at radius 1 is 1.18 bits per heavy atom. The maximum absolute atomic E-state index is 13.1. The number of carbonyl (C=O) groups is 2. The highest BCUT2D eigenvalue weighted by atomic mass is 16.5. The van der Waals surface area contributed by atoms with Gasteiger partial charge in [0.05, 0.1) is 6.10 Å². The van der Waals surface area contributed by atoms with Crippen molar-refractivity contribution in [3.05, 3.63) is 48.0 Å². The van der Waals surface area contributed by atoms with Crippen molar-refractivity contribution in [1.82, 2.24) is 10.2 Å². The zero-order valence-corrected chi connectivity index (χ0v) is 20.3. The average molecular weight is 479 g/mol. The normalized spacial score (nSPS) is 23.3. The van der Waals surface area contributed by atoms with Crippen molar-refractivity contribution in [3.63, 3.8) is 0 Å². The predicted octanol–water partition coefficient (Wildman–Crippen LogP) is 0.355. The number of aliphatic hydroxyl groups is 4. The molecule has 0 unspecified atom stereocenters. The first-order valence-electron chi connectivity index (χ1n) is 11.5. The SMILES string of the molecule is CO[C@@H](C(=O)N[C@H]1CC[C@@H](O)CN(Cc2ccccc2)C1=O)[C@H](O)[C@@H](O)[C@H](O)C=CC(C)(C)C. The summed E-state index contributed by atoms with van der Waals surface area (Å²) in [5.41, 5.74) is 0.639. The first kappa shape index (κ1) is 27.9. The minimum absolute atomic E-state index is 0.140. The van der Waals surface area contributed by atoms with E-state index in [0.29, 0.717) is 6.42 Å². The molecule has 2 rings (SSSR count). The van der Waals surface area contributed by atoms with Crippen LogP contribution in [0.25, 0.3) is 0 Å². The van der Waals surface area contributed by atoms with Crippen molar-refractivity contribution in [1.29, 1.82) is 0 Å². The molecule has 0 spiro atoms. The Morgan fingerprint density at radius 3 is 2.41 bits per heavy atom. The van der Waals surface area contributed by atoms with Gasteiger partial charge in [-0.1, -0.05) is 63.3 Å². The van der Waals surface area contributed by atoms with Gasteiger partial charge in [0.2, 0.25) is 5.91 Å². The molecule has 0 radical (unpaired) electrons. The van der Waals surface area contributed by atoms with Crippen LogP contribution in [0.3, 0.4) is 0 Å². The molecule has 0 saturated carbocycles. The van der Waals surface area contributed by atoms with E-state index >= 15 is 0 Å². The van der Waals surface area contributed by atoms with Crippen molar-refractivity contribution in [2.75, 3.05) is 13.7 Å². The van der Waals surface area contributed by atoms with Gasteiger partial charge in [-0.25, -0.2) is 0 Å². The van der Waals surface area contributed by atoms with Crippen LogP contribution >= 0.6 is 0 Å². The van der Waals surface area contributed by atoms with Gasteiger partial charge in [0.1, 0.15) is 24.4 Å². The molecular weight excluding hydrogens is 440 g/mol. The number of amides is 2. The Kier molecular flexibility index (Phi) is 10.2. The van der Waals surface area contributed by atoms with E-state index in [4.69, 9.17) is 4.74 Å². The Morgan fingerprint density at radius 2 is 1.82 bits per heavy atom. The van der Waals surface area contributed by atoms with Crippen LogP contribution in [-0.2, 0) is 20.9 Å². The molecule has 1 aliphatic rings. The summed E-state index contributed by atoms with van der Waals surface area (Å²) < 4.78 is 5.11. The lowest BCUT2D eigenvalue weighted by Crippen LogP contribution is -2.55. The highest BCUT2D eigenvalue weighted by Gasteiger charge is 2.38. The third kappa shape index (κ3) is 8.18. The van der Waals surface area contributed by atoms with Crippen molar-refractivity contribution < 1.29 is 34.8 Å². The van der Waals surface area contributed by atoms with Gasteiger partial charge in [0.15, 0.2) is 6.10 Å². The summed E-state index contributed by atoms with van der Waals surface area (Å²) in [4.78, 5) is 27.5. The molecule has 1 fully saturated rings. The number of carbonyl (C=O) groups excluding carboxylic acids is 2. The molecule has 1 heterocycles. The van der Waals surface area contributed by atoms with E-state index in [1.54, 1.807) is 6.08 Å². The molecule has 6 atom stereocenters. The monoisotopic (exact) mass is 478 g/mol. The number of hydrogen-bond acceptors (Lipinski definition) is 7. The number of hydrogen-bond donors (Lipinski definition) is 5. The molecule has 5 N–H and O–H groups in total. The zero-order chi connectivity index (χ0) is 25.5. The zero-order valence-electron chi connectivity index (χ0n) is 20.3. The summed E-state index contributed by atoms with van der Waals surface area (Å²) in [5.74, 6) is -1.15. The summed E-state index contributed by atoms with van der Waals surface area (Å²) in [6.45, 7) is 6.15. The Hall–Kier alpha value is -2.30. The minimum Gasteiger partial charge on any atom is -0.391 e. The summed E-state index contributed by atoms with van der Waals surface area (Å²) in [6, 6.07) is 8.39. The maximum Gasteiger partial charge on any atom is 0.252 e. The highest BCUT2D eigenvalue weighted by molar-refractivity contribution is 5.90. The van der Waals surface area contributed by atoms with Crippen molar-refractivity contribution >= 4 is 11.8 Å². The van der Waals surface area contributed by atoms with Gasteiger partial charge >= 0.3 is 0 Å². The van der Waals surface area contributed by atoms with Gasteiger partial charge < -0.3 is 35.4 Å². The Labute approximate surface area is 201 Å². The van der Waals surface area contributed by atoms with Crippen molar-refractivity contribution in [3.8, 4) is 0 Å². The van der Waals surface area contributed by atoms with Gasteiger partial charge in [0.25, 0.3) is 5.91 Å². The lowest BCUT2D eigenvalue weighted by Gasteiger charge is -2.29. The fraction of sp³-hybridized carbons (Fsp3) is 0.600. The fourth-order valence-electron chi connectivity index (χ4n) is 3.76. The number of allylic oxidation sites excluding steroid dienone is 1. The largest absolute Gasteiger partial charge is 0.391 e. The van der Waals surface area contributed by atoms with Crippen LogP contribution in [0, 0.1) is 5.41 Å². The number of nitrogens with one attached hydrogen (secondary N) is 1. The molecule has 1 saturated heterocycles. The molecule has 0 aliphatic carbocycles. The van der Waals surface area contributed by atoms with E-state index in [1.165, 1.54) is 18.1 Å². The predicted molar refractivity (Wildman–Crippen MR) is 126 cm³/mol. The molecule has 0 bridgehead atoms. The van der Waals surface area contributed by atoms with Crippen LogP contribution in [0.2, 0.25) is 0 Å². The Balaban J connectivity index is 2.09. The van der Waals surface area contributed by atoms with E-state index in [1.807, 2.05) is 51.1 Å². The molecule has 0 aromatic heterocycles. The van der Waals surface area contributed by atoms with Gasteiger partial charge in [-0.2, -0.15) is 0 Å². The first-order valence-corrected chi connectivity index (χ1v) is 11.5. The van der Waals surface area contributed by atoms with Crippen LogP contribution in [0.1, 0.15) is 39.2 Å². The molecule has 1 aromatic rings. The standard InChI is InChI=1S/C25H38N2O7/c1-25(2,3)13-12-19(29)20(30)21(31)22(34-4)23(32)26-18-11-10-17(28)15-27(24(18)33)14-16-8-6-5-7-9-16/h5-9,12-13,17-22,28-31H,10-11,14-15H2,1-4H3,(H,26,32)/t17-,18+,19-,20+,21-,22-/m1/s1. The lowest BCUT2D eigenvalue weighted by molar-refractivity contribution is -0.151. The third-order valence-electron chi connectivity index (χ3n) is 5.68. The van der Waals surface area contributed by atoms with Crippen LogP contribution in [0.5, 0.6) is 0 Å². The van der Waals surface area contributed by atoms with Gasteiger partial charge in [-0.3, -0.25) is 9.59 Å². The summed E-state index contributed by atoms with van der Waals surface area (Å²) in [5, 5.41) is 43.9. The van der Waals surface area contributed by atoms with E-state index in [0.717, 1.165) is 5.56 Å². The average Bonchev–Trinajstić information content (AvgIpc) is 2.91. The molecule has 190 valence electrons. The molecule has 1 aromatic carbocycles. The second kappa shape index (κ2) is 12.4. The summed E-state index contributed by atoms with van der Waals surface area (Å²) in [6.07, 6.45) is -3.53. The third-order valence-corrected chi connectivity index (χ3v) is 5.68. The maximum atomic E-state index is 13.1. The summed E-state index contributed by atoms with van der Waals surface area (Å²) >= 11 is 0.